The average molecular weight is 265 g/mol. The van der Waals surface area contributed by atoms with E-state index in [1.807, 2.05) is 24.5 Å². The molecule has 0 spiro atoms. The fraction of sp³-hybridized carbons (Fsp3) is 0.385. The Morgan fingerprint density at radius 3 is 2.67 bits per heavy atom. The molecule has 1 aliphatic rings. The standard InChI is InChI=1S/C13H15NO3S/c1-8-7-18-11(13(16)17-2)10(8)14-12(15)9-5-3-4-6-9/h3-4,7,9H,5-6H2,1-2H3,(H,14,15). The summed E-state index contributed by atoms with van der Waals surface area (Å²) in [4.78, 5) is 24.1. The highest BCUT2D eigenvalue weighted by molar-refractivity contribution is 7.12. The molecule has 96 valence electrons. The van der Waals surface area contributed by atoms with Crippen LogP contribution >= 0.6 is 11.3 Å². The van der Waals surface area contributed by atoms with Gasteiger partial charge >= 0.3 is 5.97 Å². The molecule has 1 heterocycles. The third-order valence-electron chi connectivity index (χ3n) is 2.97. The maximum Gasteiger partial charge on any atom is 0.350 e. The number of carbonyl (C=O) groups excluding carboxylic acids is 2. The fourth-order valence-electron chi connectivity index (χ4n) is 1.90. The van der Waals surface area contributed by atoms with Crippen molar-refractivity contribution in [1.29, 1.82) is 0 Å². The van der Waals surface area contributed by atoms with Crippen molar-refractivity contribution in [3.05, 3.63) is 28.0 Å². The number of carbonyl (C=O) groups is 2. The maximum atomic E-state index is 12.0. The lowest BCUT2D eigenvalue weighted by Crippen LogP contribution is -2.21. The smallest absolute Gasteiger partial charge is 0.350 e. The van der Waals surface area contributed by atoms with Crippen molar-refractivity contribution >= 4 is 28.9 Å². The van der Waals surface area contributed by atoms with Crippen LogP contribution in [0.1, 0.15) is 28.1 Å². The van der Waals surface area contributed by atoms with Gasteiger partial charge in [-0.1, -0.05) is 12.2 Å². The fourth-order valence-corrected chi connectivity index (χ4v) is 2.82. The first-order valence-corrected chi connectivity index (χ1v) is 6.63. The number of rotatable bonds is 3. The Bertz CT molecular complexity index is 496. The van der Waals surface area contributed by atoms with Crippen molar-refractivity contribution in [3.63, 3.8) is 0 Å². The van der Waals surface area contributed by atoms with Gasteiger partial charge in [0, 0.05) is 5.92 Å². The summed E-state index contributed by atoms with van der Waals surface area (Å²) >= 11 is 1.29. The van der Waals surface area contributed by atoms with E-state index in [1.54, 1.807) is 0 Å². The summed E-state index contributed by atoms with van der Waals surface area (Å²) in [6, 6.07) is 0. The molecule has 0 saturated carbocycles. The van der Waals surface area contributed by atoms with Gasteiger partial charge in [-0.2, -0.15) is 0 Å². The van der Waals surface area contributed by atoms with E-state index in [-0.39, 0.29) is 11.8 Å². The number of ether oxygens (including phenoxy) is 1. The van der Waals surface area contributed by atoms with Gasteiger partial charge in [-0.15, -0.1) is 11.3 Å². The molecule has 1 N–H and O–H groups in total. The molecule has 0 aliphatic heterocycles. The summed E-state index contributed by atoms with van der Waals surface area (Å²) in [7, 11) is 1.34. The Morgan fingerprint density at radius 1 is 1.39 bits per heavy atom. The topological polar surface area (TPSA) is 55.4 Å². The molecule has 0 unspecified atom stereocenters. The summed E-state index contributed by atoms with van der Waals surface area (Å²) < 4.78 is 4.71. The zero-order chi connectivity index (χ0) is 13.1. The van der Waals surface area contributed by atoms with Crippen molar-refractivity contribution in [3.8, 4) is 0 Å². The van der Waals surface area contributed by atoms with Crippen LogP contribution in [0.5, 0.6) is 0 Å². The van der Waals surface area contributed by atoms with Gasteiger partial charge in [-0.05, 0) is 30.7 Å². The highest BCUT2D eigenvalue weighted by Crippen LogP contribution is 2.29. The predicted octanol–water partition coefficient (Wildman–Crippen LogP) is 2.75. The molecular weight excluding hydrogens is 250 g/mol. The zero-order valence-electron chi connectivity index (χ0n) is 10.4. The number of hydrogen-bond donors (Lipinski definition) is 1. The largest absolute Gasteiger partial charge is 0.465 e. The Labute approximate surface area is 110 Å². The van der Waals surface area contributed by atoms with Crippen LogP contribution in [0.15, 0.2) is 17.5 Å². The minimum absolute atomic E-state index is 0.0187. The number of nitrogens with one attached hydrogen (secondary N) is 1. The maximum absolute atomic E-state index is 12.0. The Morgan fingerprint density at radius 2 is 2.06 bits per heavy atom. The number of anilines is 1. The summed E-state index contributed by atoms with van der Waals surface area (Å²) in [5.74, 6) is -0.464. The first kappa shape index (κ1) is 12.8. The number of allylic oxidation sites excluding steroid dienone is 2. The number of hydrogen-bond acceptors (Lipinski definition) is 4. The van der Waals surface area contributed by atoms with Gasteiger partial charge in [0.1, 0.15) is 4.88 Å². The SMILES string of the molecule is COC(=O)c1scc(C)c1NC(=O)C1CC=CC1. The van der Waals surface area contributed by atoms with E-state index >= 15 is 0 Å². The monoisotopic (exact) mass is 265 g/mol. The first-order valence-electron chi connectivity index (χ1n) is 5.75. The van der Waals surface area contributed by atoms with E-state index in [9.17, 15) is 9.59 Å². The van der Waals surface area contributed by atoms with E-state index in [0.29, 0.717) is 10.6 Å². The van der Waals surface area contributed by atoms with E-state index in [1.165, 1.54) is 18.4 Å². The summed E-state index contributed by atoms with van der Waals surface area (Å²) in [5.41, 5.74) is 1.48. The van der Waals surface area contributed by atoms with Crippen LogP contribution in [0, 0.1) is 12.8 Å². The number of amides is 1. The summed E-state index contributed by atoms with van der Waals surface area (Å²) in [6.45, 7) is 1.87. The molecule has 0 saturated heterocycles. The molecule has 0 aromatic carbocycles. The molecule has 1 aromatic rings. The van der Waals surface area contributed by atoms with Crippen molar-refractivity contribution in [2.24, 2.45) is 5.92 Å². The minimum Gasteiger partial charge on any atom is -0.465 e. The lowest BCUT2D eigenvalue weighted by molar-refractivity contribution is -0.119. The van der Waals surface area contributed by atoms with E-state index < -0.39 is 5.97 Å². The van der Waals surface area contributed by atoms with Gasteiger partial charge in [0.15, 0.2) is 0 Å². The number of methoxy groups -OCH3 is 1. The Balaban J connectivity index is 2.15. The van der Waals surface area contributed by atoms with Crippen molar-refractivity contribution in [2.45, 2.75) is 19.8 Å². The van der Waals surface area contributed by atoms with Crippen LogP contribution in [-0.2, 0) is 9.53 Å². The number of thiophene rings is 1. The highest BCUT2D eigenvalue weighted by atomic mass is 32.1. The van der Waals surface area contributed by atoms with Gasteiger partial charge < -0.3 is 10.1 Å². The molecule has 1 aromatic heterocycles. The van der Waals surface area contributed by atoms with Crippen LogP contribution in [0.3, 0.4) is 0 Å². The van der Waals surface area contributed by atoms with Crippen molar-refractivity contribution in [2.75, 3.05) is 12.4 Å². The van der Waals surface area contributed by atoms with Crippen molar-refractivity contribution in [1.82, 2.24) is 0 Å². The molecule has 0 radical (unpaired) electrons. The predicted molar refractivity (Wildman–Crippen MR) is 70.9 cm³/mol. The second kappa shape index (κ2) is 5.35. The second-order valence-corrected chi connectivity index (χ2v) is 5.12. The molecule has 2 rings (SSSR count). The van der Waals surface area contributed by atoms with E-state index in [0.717, 1.165) is 18.4 Å². The van der Waals surface area contributed by atoms with Gasteiger partial charge in [0.2, 0.25) is 5.91 Å². The van der Waals surface area contributed by atoms with Gasteiger partial charge in [0.25, 0.3) is 0 Å². The summed E-state index contributed by atoms with van der Waals surface area (Å²) in [6.07, 6.45) is 5.54. The minimum atomic E-state index is -0.409. The van der Waals surface area contributed by atoms with Gasteiger partial charge in [-0.25, -0.2) is 4.79 Å². The zero-order valence-corrected chi connectivity index (χ0v) is 11.2. The Kier molecular flexibility index (Phi) is 3.81. The van der Waals surface area contributed by atoms with Gasteiger partial charge in [-0.3, -0.25) is 4.79 Å². The van der Waals surface area contributed by atoms with E-state index in [4.69, 9.17) is 4.74 Å². The number of aryl methyl sites for hydroxylation is 1. The molecule has 0 atom stereocenters. The third kappa shape index (κ3) is 2.46. The normalized spacial score (nSPS) is 14.8. The van der Waals surface area contributed by atoms with Gasteiger partial charge in [0.05, 0.1) is 12.8 Å². The van der Waals surface area contributed by atoms with Crippen LogP contribution in [0.4, 0.5) is 5.69 Å². The molecule has 0 fully saturated rings. The molecule has 1 amide bonds. The van der Waals surface area contributed by atoms with Crippen molar-refractivity contribution < 1.29 is 14.3 Å². The molecule has 0 bridgehead atoms. The molecular formula is C13H15NO3S. The van der Waals surface area contributed by atoms with Crippen LogP contribution in [0.25, 0.3) is 0 Å². The highest BCUT2D eigenvalue weighted by Gasteiger charge is 2.23. The lowest BCUT2D eigenvalue weighted by atomic mass is 10.1. The summed E-state index contributed by atoms with van der Waals surface area (Å²) in [5, 5.41) is 4.69. The molecule has 4 nitrogen and oxygen atoms in total. The lowest BCUT2D eigenvalue weighted by Gasteiger charge is -2.11. The molecule has 18 heavy (non-hydrogen) atoms. The first-order chi connectivity index (χ1) is 8.63. The van der Waals surface area contributed by atoms with Crippen LogP contribution in [-0.4, -0.2) is 19.0 Å². The third-order valence-corrected chi connectivity index (χ3v) is 4.05. The average Bonchev–Trinajstić information content (AvgIpc) is 2.99. The van der Waals surface area contributed by atoms with E-state index in [2.05, 4.69) is 5.32 Å². The van der Waals surface area contributed by atoms with Crippen LogP contribution in [0.2, 0.25) is 0 Å². The molecule has 1 aliphatic carbocycles. The quantitative estimate of drug-likeness (QED) is 0.675. The molecule has 5 heteroatoms. The number of esters is 1. The Hall–Kier alpha value is -1.62. The second-order valence-electron chi connectivity index (χ2n) is 4.24. The van der Waals surface area contributed by atoms with Crippen LogP contribution < -0.4 is 5.32 Å².